The molecule has 0 bridgehead atoms. The normalized spacial score (nSPS) is 12.0. The second kappa shape index (κ2) is 8.03. The zero-order chi connectivity index (χ0) is 17.8. The minimum atomic E-state index is -4.05. The minimum Gasteiger partial charge on any atom is -0.462 e. The maximum atomic E-state index is 11.9. The van der Waals surface area contributed by atoms with Gasteiger partial charge in [0.1, 0.15) is 0 Å². The number of sulfonamides is 1. The summed E-state index contributed by atoms with van der Waals surface area (Å²) in [6.07, 6.45) is 2.58. The van der Waals surface area contributed by atoms with Crippen LogP contribution >= 0.6 is 34.4 Å². The smallest absolute Gasteiger partial charge is 0.339 e. The molecule has 0 aliphatic rings. The van der Waals surface area contributed by atoms with Crippen molar-refractivity contribution in [3.63, 3.8) is 0 Å². The van der Waals surface area contributed by atoms with Crippen molar-refractivity contribution in [3.05, 3.63) is 21.3 Å². The number of anilines is 1. The number of halogens is 1. The highest BCUT2D eigenvalue weighted by Gasteiger charge is 2.21. The fourth-order valence-corrected chi connectivity index (χ4v) is 6.02. The molecule has 0 saturated carbocycles. The predicted molar refractivity (Wildman–Crippen MR) is 99.1 cm³/mol. The number of esters is 1. The van der Waals surface area contributed by atoms with Crippen molar-refractivity contribution in [1.29, 1.82) is 0 Å². The molecular formula is C12H16INO6S3. The molecule has 1 aromatic rings. The molecule has 0 aromatic heterocycles. The van der Waals surface area contributed by atoms with E-state index in [0.29, 0.717) is 14.0 Å². The van der Waals surface area contributed by atoms with Crippen LogP contribution in [0.25, 0.3) is 0 Å². The standard InChI is InChI=1S/C12H16INO6S3/c1-4-20-12(15)8-5-9(13)10(6-11(8)21-2)14-23(18,19)7-22(3,16)17/h5-6,14H,4,7H2,1-3H3. The summed E-state index contributed by atoms with van der Waals surface area (Å²) in [6, 6.07) is 2.99. The van der Waals surface area contributed by atoms with E-state index >= 15 is 0 Å². The molecule has 1 aromatic carbocycles. The van der Waals surface area contributed by atoms with E-state index in [1.54, 1.807) is 13.2 Å². The largest absolute Gasteiger partial charge is 0.462 e. The number of ether oxygens (including phenoxy) is 1. The summed E-state index contributed by atoms with van der Waals surface area (Å²) in [7, 11) is -7.74. The molecule has 130 valence electrons. The third kappa shape index (κ3) is 6.47. The van der Waals surface area contributed by atoms with Crippen molar-refractivity contribution in [1.82, 2.24) is 0 Å². The van der Waals surface area contributed by atoms with Gasteiger partial charge in [-0.15, -0.1) is 11.8 Å². The van der Waals surface area contributed by atoms with Gasteiger partial charge in [-0.2, -0.15) is 0 Å². The summed E-state index contributed by atoms with van der Waals surface area (Å²) in [5, 5.41) is -1.01. The number of hydrogen-bond acceptors (Lipinski definition) is 7. The molecule has 1 N–H and O–H groups in total. The summed E-state index contributed by atoms with van der Waals surface area (Å²) >= 11 is 3.12. The van der Waals surface area contributed by atoms with Gasteiger partial charge in [-0.3, -0.25) is 4.72 Å². The van der Waals surface area contributed by atoms with Crippen molar-refractivity contribution in [2.24, 2.45) is 0 Å². The molecule has 0 saturated heterocycles. The summed E-state index contributed by atoms with van der Waals surface area (Å²) < 4.78 is 53.8. The Hall–Kier alpha value is -0.530. The summed E-state index contributed by atoms with van der Waals surface area (Å²) in [5.41, 5.74) is 0.543. The van der Waals surface area contributed by atoms with Gasteiger partial charge >= 0.3 is 5.97 Å². The molecular weight excluding hydrogens is 477 g/mol. The van der Waals surface area contributed by atoms with E-state index in [1.165, 1.54) is 23.9 Å². The highest BCUT2D eigenvalue weighted by Crippen LogP contribution is 2.30. The molecule has 0 aliphatic carbocycles. The minimum absolute atomic E-state index is 0.214. The van der Waals surface area contributed by atoms with Gasteiger partial charge in [-0.1, -0.05) is 0 Å². The summed E-state index contributed by atoms with van der Waals surface area (Å²) in [6.45, 7) is 1.92. The van der Waals surface area contributed by atoms with Gasteiger partial charge in [0, 0.05) is 14.7 Å². The quantitative estimate of drug-likeness (QED) is 0.352. The molecule has 0 radical (unpaired) electrons. The molecule has 23 heavy (non-hydrogen) atoms. The van der Waals surface area contributed by atoms with Gasteiger partial charge < -0.3 is 4.74 Å². The predicted octanol–water partition coefficient (Wildman–Crippen LogP) is 1.93. The van der Waals surface area contributed by atoms with Gasteiger partial charge in [0.2, 0.25) is 10.0 Å². The zero-order valence-electron chi connectivity index (χ0n) is 12.6. The molecule has 0 amide bonds. The van der Waals surface area contributed by atoms with Gasteiger partial charge in [0.25, 0.3) is 0 Å². The monoisotopic (exact) mass is 493 g/mol. The molecule has 11 heteroatoms. The lowest BCUT2D eigenvalue weighted by molar-refractivity contribution is 0.0522. The number of carbonyl (C=O) groups excluding carboxylic acids is 1. The van der Waals surface area contributed by atoms with Crippen LogP contribution in [-0.2, 0) is 24.6 Å². The number of sulfone groups is 1. The Morgan fingerprint density at radius 3 is 2.39 bits per heavy atom. The Morgan fingerprint density at radius 1 is 1.30 bits per heavy atom. The van der Waals surface area contributed by atoms with Crippen molar-refractivity contribution in [2.75, 3.05) is 28.9 Å². The second-order valence-electron chi connectivity index (χ2n) is 4.51. The molecule has 0 spiro atoms. The highest BCUT2D eigenvalue weighted by molar-refractivity contribution is 14.1. The molecule has 0 fully saturated rings. The SMILES string of the molecule is CCOC(=O)c1cc(I)c(NS(=O)(=O)CS(C)(=O)=O)cc1SC. The second-order valence-corrected chi connectivity index (χ2v) is 10.8. The van der Waals surface area contributed by atoms with Crippen LogP contribution in [0, 0.1) is 3.57 Å². The molecule has 0 heterocycles. The molecule has 1 rings (SSSR count). The van der Waals surface area contributed by atoms with Crippen LogP contribution in [0.15, 0.2) is 17.0 Å². The third-order valence-electron chi connectivity index (χ3n) is 2.42. The topological polar surface area (TPSA) is 107 Å². The summed E-state index contributed by atoms with van der Waals surface area (Å²) in [4.78, 5) is 12.4. The number of benzene rings is 1. The van der Waals surface area contributed by atoms with E-state index < -0.39 is 30.9 Å². The van der Waals surface area contributed by atoms with E-state index in [9.17, 15) is 21.6 Å². The van der Waals surface area contributed by atoms with Crippen LogP contribution in [0.1, 0.15) is 17.3 Å². The van der Waals surface area contributed by atoms with Crippen LogP contribution in [-0.4, -0.2) is 47.0 Å². The molecule has 0 unspecified atom stereocenters. The van der Waals surface area contributed by atoms with Crippen LogP contribution in [0.4, 0.5) is 5.69 Å². The first-order chi connectivity index (χ1) is 10.5. The lowest BCUT2D eigenvalue weighted by Gasteiger charge is -2.13. The highest BCUT2D eigenvalue weighted by atomic mass is 127. The maximum Gasteiger partial charge on any atom is 0.339 e. The number of carbonyl (C=O) groups is 1. The lowest BCUT2D eigenvalue weighted by atomic mass is 10.2. The lowest BCUT2D eigenvalue weighted by Crippen LogP contribution is -2.22. The van der Waals surface area contributed by atoms with E-state index in [0.717, 1.165) is 6.26 Å². The molecule has 7 nitrogen and oxygen atoms in total. The Morgan fingerprint density at radius 2 is 1.91 bits per heavy atom. The van der Waals surface area contributed by atoms with E-state index in [-0.39, 0.29) is 12.3 Å². The van der Waals surface area contributed by atoms with Gasteiger partial charge in [-0.05, 0) is 47.9 Å². The number of nitrogens with one attached hydrogen (secondary N) is 1. The van der Waals surface area contributed by atoms with E-state index in [4.69, 9.17) is 4.74 Å². The van der Waals surface area contributed by atoms with Crippen LogP contribution < -0.4 is 4.72 Å². The average Bonchev–Trinajstić information content (AvgIpc) is 2.37. The van der Waals surface area contributed by atoms with Crippen molar-refractivity contribution < 1.29 is 26.4 Å². The molecule has 0 atom stereocenters. The Bertz CT molecular complexity index is 804. The van der Waals surface area contributed by atoms with Gasteiger partial charge in [0.15, 0.2) is 14.9 Å². The Kier molecular flexibility index (Phi) is 7.16. The van der Waals surface area contributed by atoms with Crippen LogP contribution in [0.2, 0.25) is 0 Å². The van der Waals surface area contributed by atoms with E-state index in [2.05, 4.69) is 4.72 Å². The zero-order valence-corrected chi connectivity index (χ0v) is 17.2. The first kappa shape index (κ1) is 20.5. The Balaban J connectivity index is 3.22. The first-order valence-electron chi connectivity index (χ1n) is 6.22. The number of thioether (sulfide) groups is 1. The fraction of sp³-hybridized carbons (Fsp3) is 0.417. The average molecular weight is 493 g/mol. The number of rotatable bonds is 7. The van der Waals surface area contributed by atoms with Gasteiger partial charge in [-0.25, -0.2) is 21.6 Å². The fourth-order valence-electron chi connectivity index (χ4n) is 1.65. The molecule has 0 aliphatic heterocycles. The first-order valence-corrected chi connectivity index (χ1v) is 12.2. The van der Waals surface area contributed by atoms with Crippen molar-refractivity contribution in [3.8, 4) is 0 Å². The van der Waals surface area contributed by atoms with Crippen molar-refractivity contribution >= 4 is 65.9 Å². The third-order valence-corrected chi connectivity index (χ3v) is 7.57. The van der Waals surface area contributed by atoms with Crippen LogP contribution in [0.3, 0.4) is 0 Å². The maximum absolute atomic E-state index is 11.9. The Labute approximate surface area is 153 Å². The number of hydrogen-bond donors (Lipinski definition) is 1. The van der Waals surface area contributed by atoms with Gasteiger partial charge in [0.05, 0.1) is 17.9 Å². The van der Waals surface area contributed by atoms with Crippen molar-refractivity contribution in [2.45, 2.75) is 11.8 Å². The van der Waals surface area contributed by atoms with Crippen LogP contribution in [0.5, 0.6) is 0 Å². The van der Waals surface area contributed by atoms with E-state index in [1.807, 2.05) is 22.6 Å². The summed E-state index contributed by atoms with van der Waals surface area (Å²) in [5.74, 6) is -0.500.